The van der Waals surface area contributed by atoms with E-state index in [4.69, 9.17) is 19.2 Å². The molecule has 1 aromatic carbocycles. The molecule has 1 unspecified atom stereocenters. The average Bonchev–Trinajstić information content (AvgIpc) is 2.77. The Hall–Kier alpha value is -0.900. The Morgan fingerprint density at radius 2 is 1.93 bits per heavy atom. The van der Waals surface area contributed by atoms with Crippen LogP contribution in [0.15, 0.2) is 29.3 Å². The van der Waals surface area contributed by atoms with Gasteiger partial charge in [0, 0.05) is 33.4 Å². The van der Waals surface area contributed by atoms with Gasteiger partial charge in [-0.25, -0.2) is 4.99 Å². The van der Waals surface area contributed by atoms with Crippen molar-refractivity contribution in [3.8, 4) is 0 Å². The molecular formula is C23H38IN3O3. The Kier molecular flexibility index (Phi) is 12.0. The normalized spacial score (nSPS) is 20.7. The van der Waals surface area contributed by atoms with Gasteiger partial charge in [0.1, 0.15) is 0 Å². The first kappa shape index (κ1) is 25.4. The molecule has 0 bridgehead atoms. The van der Waals surface area contributed by atoms with E-state index >= 15 is 0 Å². The highest BCUT2D eigenvalue weighted by atomic mass is 127. The number of ether oxygens (including phenoxy) is 3. The first-order chi connectivity index (χ1) is 14.3. The van der Waals surface area contributed by atoms with Crippen LogP contribution in [-0.2, 0) is 27.4 Å². The van der Waals surface area contributed by atoms with E-state index < -0.39 is 0 Å². The van der Waals surface area contributed by atoms with Gasteiger partial charge in [-0.1, -0.05) is 24.3 Å². The molecular weight excluding hydrogens is 493 g/mol. The van der Waals surface area contributed by atoms with Crippen molar-refractivity contribution in [3.05, 3.63) is 35.4 Å². The number of benzene rings is 1. The number of nitrogens with one attached hydrogen (secondary N) is 1. The summed E-state index contributed by atoms with van der Waals surface area (Å²) in [6.07, 6.45) is 6.31. The lowest BCUT2D eigenvalue weighted by molar-refractivity contribution is -0.0721. The summed E-state index contributed by atoms with van der Waals surface area (Å²) >= 11 is 0. The molecule has 1 N–H and O–H groups in total. The Balaban J connectivity index is 0.00000320. The number of rotatable bonds is 8. The second-order valence-electron chi connectivity index (χ2n) is 7.88. The minimum atomic E-state index is 0. The molecule has 1 atom stereocenters. The van der Waals surface area contributed by atoms with Gasteiger partial charge in [-0.05, 0) is 50.2 Å². The molecule has 2 saturated heterocycles. The maximum atomic E-state index is 6.16. The maximum Gasteiger partial charge on any atom is 0.194 e. The van der Waals surface area contributed by atoms with Crippen LogP contribution >= 0.6 is 24.0 Å². The van der Waals surface area contributed by atoms with Crippen LogP contribution in [-0.4, -0.2) is 63.0 Å². The average molecular weight is 531 g/mol. The van der Waals surface area contributed by atoms with Gasteiger partial charge >= 0.3 is 0 Å². The monoisotopic (exact) mass is 531 g/mol. The van der Waals surface area contributed by atoms with Gasteiger partial charge in [-0.2, -0.15) is 0 Å². The second kappa shape index (κ2) is 14.2. The number of methoxy groups -OCH3 is 1. The van der Waals surface area contributed by atoms with Crippen molar-refractivity contribution in [3.63, 3.8) is 0 Å². The van der Waals surface area contributed by atoms with Crippen LogP contribution in [0.3, 0.4) is 0 Å². The number of likely N-dealkylation sites (tertiary alicyclic amines) is 1. The van der Waals surface area contributed by atoms with Crippen molar-refractivity contribution in [2.75, 3.05) is 40.0 Å². The van der Waals surface area contributed by atoms with Crippen LogP contribution < -0.4 is 5.32 Å². The number of guanidine groups is 1. The molecule has 2 heterocycles. The van der Waals surface area contributed by atoms with Crippen molar-refractivity contribution in [2.24, 2.45) is 4.99 Å². The van der Waals surface area contributed by atoms with Gasteiger partial charge in [-0.3, -0.25) is 0 Å². The maximum absolute atomic E-state index is 6.16. The summed E-state index contributed by atoms with van der Waals surface area (Å²) in [5.41, 5.74) is 2.42. The van der Waals surface area contributed by atoms with Gasteiger partial charge in [0.05, 0.1) is 32.0 Å². The third-order valence-corrected chi connectivity index (χ3v) is 5.69. The lowest BCUT2D eigenvalue weighted by atomic mass is 10.1. The van der Waals surface area contributed by atoms with Gasteiger partial charge in [0.2, 0.25) is 0 Å². The predicted molar refractivity (Wildman–Crippen MR) is 132 cm³/mol. The second-order valence-corrected chi connectivity index (χ2v) is 7.88. The van der Waals surface area contributed by atoms with E-state index in [0.29, 0.717) is 25.4 Å². The van der Waals surface area contributed by atoms with E-state index in [1.165, 1.54) is 24.0 Å². The molecule has 7 heteroatoms. The fourth-order valence-electron chi connectivity index (χ4n) is 4.01. The topological polar surface area (TPSA) is 55.3 Å². The highest BCUT2D eigenvalue weighted by Crippen LogP contribution is 2.18. The predicted octanol–water partition coefficient (Wildman–Crippen LogP) is 3.97. The lowest BCUT2D eigenvalue weighted by Crippen LogP contribution is -2.47. The van der Waals surface area contributed by atoms with E-state index in [2.05, 4.69) is 41.4 Å². The van der Waals surface area contributed by atoms with Gasteiger partial charge in [0.25, 0.3) is 0 Å². The molecule has 170 valence electrons. The molecule has 2 aliphatic heterocycles. The zero-order valence-electron chi connectivity index (χ0n) is 18.5. The quantitative estimate of drug-likeness (QED) is 0.313. The summed E-state index contributed by atoms with van der Waals surface area (Å²) in [4.78, 5) is 7.27. The summed E-state index contributed by atoms with van der Waals surface area (Å²) < 4.78 is 17.3. The summed E-state index contributed by atoms with van der Waals surface area (Å²) in [5, 5.41) is 3.46. The summed E-state index contributed by atoms with van der Waals surface area (Å²) in [6.45, 7) is 7.86. The third-order valence-electron chi connectivity index (χ3n) is 5.69. The highest BCUT2D eigenvalue weighted by Gasteiger charge is 2.23. The number of hydrogen-bond acceptors (Lipinski definition) is 4. The van der Waals surface area contributed by atoms with Crippen LogP contribution in [0.5, 0.6) is 0 Å². The first-order valence-electron chi connectivity index (χ1n) is 11.1. The Morgan fingerprint density at radius 1 is 1.17 bits per heavy atom. The first-order valence-corrected chi connectivity index (χ1v) is 11.1. The molecule has 6 nitrogen and oxygen atoms in total. The Labute approximate surface area is 198 Å². The van der Waals surface area contributed by atoms with Crippen LogP contribution in [0.1, 0.15) is 50.2 Å². The lowest BCUT2D eigenvalue weighted by Gasteiger charge is -2.35. The Bertz CT molecular complexity index is 630. The minimum Gasteiger partial charge on any atom is -0.380 e. The van der Waals surface area contributed by atoms with E-state index in [9.17, 15) is 0 Å². The molecule has 2 fully saturated rings. The zero-order valence-corrected chi connectivity index (χ0v) is 20.8. The molecule has 30 heavy (non-hydrogen) atoms. The molecule has 0 amide bonds. The summed E-state index contributed by atoms with van der Waals surface area (Å²) in [7, 11) is 1.73. The summed E-state index contributed by atoms with van der Waals surface area (Å²) in [6, 6.07) is 8.36. The van der Waals surface area contributed by atoms with Gasteiger partial charge in [-0.15, -0.1) is 24.0 Å². The third kappa shape index (κ3) is 7.98. The van der Waals surface area contributed by atoms with Crippen molar-refractivity contribution in [1.82, 2.24) is 10.2 Å². The van der Waals surface area contributed by atoms with Crippen LogP contribution in [0.25, 0.3) is 0 Å². The molecule has 1 aromatic rings. The molecule has 0 radical (unpaired) electrons. The van der Waals surface area contributed by atoms with Gasteiger partial charge < -0.3 is 24.4 Å². The molecule has 0 aliphatic carbocycles. The number of hydrogen-bond donors (Lipinski definition) is 1. The fourth-order valence-corrected chi connectivity index (χ4v) is 4.01. The fraction of sp³-hybridized carbons (Fsp3) is 0.696. The standard InChI is InChI=1S/C23H37N3O3.HI/c1-3-24-23(25-16-19-8-4-5-9-20(19)17-27-2)26-13-11-21(12-14-26)29-18-22-10-6-7-15-28-22;/h4-5,8-9,21-22H,3,6-7,10-18H2,1-2H3,(H,24,25);1H. The van der Waals surface area contributed by atoms with Gasteiger partial charge in [0.15, 0.2) is 5.96 Å². The Morgan fingerprint density at radius 3 is 2.60 bits per heavy atom. The van der Waals surface area contributed by atoms with Crippen molar-refractivity contribution in [1.29, 1.82) is 0 Å². The number of aliphatic imine (C=N–C) groups is 1. The molecule has 3 rings (SSSR count). The van der Waals surface area contributed by atoms with E-state index in [0.717, 1.165) is 58.1 Å². The van der Waals surface area contributed by atoms with E-state index in [-0.39, 0.29) is 24.0 Å². The van der Waals surface area contributed by atoms with Crippen LogP contribution in [0, 0.1) is 0 Å². The molecule has 0 spiro atoms. The number of halogens is 1. The zero-order chi connectivity index (χ0) is 20.3. The highest BCUT2D eigenvalue weighted by molar-refractivity contribution is 14.0. The molecule has 2 aliphatic rings. The van der Waals surface area contributed by atoms with Crippen LogP contribution in [0.2, 0.25) is 0 Å². The van der Waals surface area contributed by atoms with Crippen molar-refractivity contribution < 1.29 is 14.2 Å². The smallest absolute Gasteiger partial charge is 0.194 e. The molecule has 0 saturated carbocycles. The number of piperidine rings is 1. The number of nitrogens with zero attached hydrogens (tertiary/aromatic N) is 2. The largest absolute Gasteiger partial charge is 0.380 e. The van der Waals surface area contributed by atoms with Crippen molar-refractivity contribution >= 4 is 29.9 Å². The SMILES string of the molecule is CCNC(=NCc1ccccc1COC)N1CCC(OCC2CCCCO2)CC1.I. The minimum absolute atomic E-state index is 0. The van der Waals surface area contributed by atoms with Crippen LogP contribution in [0.4, 0.5) is 0 Å². The summed E-state index contributed by atoms with van der Waals surface area (Å²) in [5.74, 6) is 0.994. The van der Waals surface area contributed by atoms with E-state index in [1.807, 2.05) is 0 Å². The molecule has 0 aromatic heterocycles. The van der Waals surface area contributed by atoms with Crippen molar-refractivity contribution in [2.45, 2.75) is 64.4 Å². The van der Waals surface area contributed by atoms with E-state index in [1.54, 1.807) is 7.11 Å².